The molecule has 0 aliphatic rings. The number of phosphoric ester groups is 1. The standard InChI is InChI=1S/C8H19O6P/c1-7(2,11-5)13-15(9,10)14-8(3,4)12-6/h1-6H3,(H,9,10). The van der Waals surface area contributed by atoms with Crippen LogP contribution >= 0.6 is 7.82 Å². The molecule has 0 aromatic rings. The van der Waals surface area contributed by atoms with E-state index in [0.717, 1.165) is 0 Å². The topological polar surface area (TPSA) is 74.2 Å². The Morgan fingerprint density at radius 3 is 1.40 bits per heavy atom. The Bertz CT molecular complexity index is 228. The zero-order valence-electron chi connectivity index (χ0n) is 9.94. The highest BCUT2D eigenvalue weighted by molar-refractivity contribution is 7.47. The Labute approximate surface area is 90.1 Å². The summed E-state index contributed by atoms with van der Waals surface area (Å²) in [6, 6.07) is 0. The van der Waals surface area contributed by atoms with Gasteiger partial charge in [-0.15, -0.1) is 0 Å². The molecule has 0 aliphatic carbocycles. The molecular weight excluding hydrogens is 223 g/mol. The Morgan fingerprint density at radius 2 is 1.20 bits per heavy atom. The van der Waals surface area contributed by atoms with E-state index in [2.05, 4.69) is 0 Å². The van der Waals surface area contributed by atoms with E-state index in [0.29, 0.717) is 0 Å². The van der Waals surface area contributed by atoms with E-state index in [4.69, 9.17) is 18.5 Å². The van der Waals surface area contributed by atoms with E-state index in [-0.39, 0.29) is 0 Å². The average Bonchev–Trinajstić information content (AvgIpc) is 2.00. The summed E-state index contributed by atoms with van der Waals surface area (Å²) in [5.41, 5.74) is 0. The fraction of sp³-hybridized carbons (Fsp3) is 1.00. The molecule has 92 valence electrons. The summed E-state index contributed by atoms with van der Waals surface area (Å²) in [7, 11) is -1.49. The molecule has 0 saturated carbocycles. The molecule has 6 nitrogen and oxygen atoms in total. The lowest BCUT2D eigenvalue weighted by Crippen LogP contribution is -2.30. The number of hydrogen-bond donors (Lipinski definition) is 1. The van der Waals surface area contributed by atoms with Crippen LogP contribution in [0.4, 0.5) is 0 Å². The first-order valence-corrected chi connectivity index (χ1v) is 5.88. The summed E-state index contributed by atoms with van der Waals surface area (Å²) in [5.74, 6) is -2.40. The van der Waals surface area contributed by atoms with Crippen molar-refractivity contribution in [2.45, 2.75) is 39.3 Å². The van der Waals surface area contributed by atoms with Crippen LogP contribution in [0.15, 0.2) is 0 Å². The van der Waals surface area contributed by atoms with E-state index < -0.39 is 19.4 Å². The summed E-state index contributed by atoms with van der Waals surface area (Å²) in [5, 5.41) is 0. The van der Waals surface area contributed by atoms with Gasteiger partial charge in [0.25, 0.3) is 0 Å². The van der Waals surface area contributed by atoms with Gasteiger partial charge < -0.3 is 14.4 Å². The van der Waals surface area contributed by atoms with Gasteiger partial charge in [-0.05, 0) is 27.7 Å². The molecule has 1 N–H and O–H groups in total. The summed E-state index contributed by atoms with van der Waals surface area (Å²) >= 11 is 0. The molecule has 0 heterocycles. The van der Waals surface area contributed by atoms with Crippen LogP contribution in [0, 0.1) is 0 Å². The van der Waals surface area contributed by atoms with Crippen molar-refractivity contribution < 1.29 is 28.0 Å². The van der Waals surface area contributed by atoms with Crippen LogP contribution in [-0.2, 0) is 23.1 Å². The van der Waals surface area contributed by atoms with Crippen molar-refractivity contribution in [3.05, 3.63) is 0 Å². The van der Waals surface area contributed by atoms with Crippen LogP contribution in [0.5, 0.6) is 0 Å². The van der Waals surface area contributed by atoms with E-state index in [1.807, 2.05) is 0 Å². The molecule has 0 atom stereocenters. The van der Waals surface area contributed by atoms with E-state index >= 15 is 0 Å². The Morgan fingerprint density at radius 1 is 0.933 bits per heavy atom. The molecule has 0 unspecified atom stereocenters. The molecule has 7 heteroatoms. The van der Waals surface area contributed by atoms with Crippen LogP contribution in [0.2, 0.25) is 0 Å². The van der Waals surface area contributed by atoms with Crippen LogP contribution < -0.4 is 0 Å². The maximum absolute atomic E-state index is 11.5. The highest BCUT2D eigenvalue weighted by Gasteiger charge is 2.37. The predicted octanol–water partition coefficient (Wildman–Crippen LogP) is 1.89. The summed E-state index contributed by atoms with van der Waals surface area (Å²) in [6.45, 7) is 6.00. The van der Waals surface area contributed by atoms with Gasteiger partial charge in [-0.2, -0.15) is 0 Å². The number of methoxy groups -OCH3 is 2. The van der Waals surface area contributed by atoms with E-state index in [1.165, 1.54) is 41.9 Å². The molecule has 0 amide bonds. The first-order valence-electron chi connectivity index (χ1n) is 4.38. The second kappa shape index (κ2) is 4.91. The number of ether oxygens (including phenoxy) is 2. The molecule has 15 heavy (non-hydrogen) atoms. The van der Waals surface area contributed by atoms with Crippen molar-refractivity contribution >= 4 is 7.82 Å². The Kier molecular flexibility index (Phi) is 4.92. The van der Waals surface area contributed by atoms with Crippen molar-refractivity contribution in [2.75, 3.05) is 14.2 Å². The fourth-order valence-corrected chi connectivity index (χ4v) is 1.95. The maximum atomic E-state index is 11.5. The zero-order chi connectivity index (χ0) is 12.3. The second-order valence-electron chi connectivity index (χ2n) is 3.86. The van der Waals surface area contributed by atoms with Gasteiger partial charge in [0.15, 0.2) is 11.6 Å². The lowest BCUT2D eigenvalue weighted by molar-refractivity contribution is -0.184. The zero-order valence-corrected chi connectivity index (χ0v) is 10.8. The molecule has 0 spiro atoms. The summed E-state index contributed by atoms with van der Waals surface area (Å²) < 4.78 is 30.8. The van der Waals surface area contributed by atoms with Gasteiger partial charge in [0.2, 0.25) is 0 Å². The first-order chi connectivity index (χ1) is 6.54. The molecule has 0 aromatic carbocycles. The second-order valence-corrected chi connectivity index (χ2v) is 5.16. The first kappa shape index (κ1) is 15.0. The van der Waals surface area contributed by atoms with Gasteiger partial charge in [0, 0.05) is 14.2 Å². The smallest absolute Gasteiger partial charge is 0.353 e. The SMILES string of the molecule is COC(C)(C)OP(=O)(O)OC(C)(C)OC. The molecule has 0 radical (unpaired) electrons. The van der Waals surface area contributed by atoms with Crippen molar-refractivity contribution in [3.63, 3.8) is 0 Å². The molecule has 0 rings (SSSR count). The minimum absolute atomic E-state index is 1.20. The fourth-order valence-electron chi connectivity index (χ4n) is 0.649. The van der Waals surface area contributed by atoms with Crippen molar-refractivity contribution in [3.8, 4) is 0 Å². The molecule has 0 fully saturated rings. The third kappa shape index (κ3) is 6.25. The van der Waals surface area contributed by atoms with Gasteiger partial charge in [-0.1, -0.05) is 0 Å². The van der Waals surface area contributed by atoms with Gasteiger partial charge in [0.05, 0.1) is 0 Å². The molecule has 0 aliphatic heterocycles. The Balaban J connectivity index is 4.51. The van der Waals surface area contributed by atoms with Crippen LogP contribution in [0.1, 0.15) is 27.7 Å². The van der Waals surface area contributed by atoms with Gasteiger partial charge >= 0.3 is 7.82 Å². The van der Waals surface area contributed by atoms with E-state index in [1.54, 1.807) is 0 Å². The maximum Gasteiger partial charge on any atom is 0.477 e. The summed E-state index contributed by atoms with van der Waals surface area (Å²) in [4.78, 5) is 9.40. The monoisotopic (exact) mass is 242 g/mol. The van der Waals surface area contributed by atoms with Crippen molar-refractivity contribution in [1.82, 2.24) is 0 Å². The van der Waals surface area contributed by atoms with Gasteiger partial charge in [-0.25, -0.2) is 4.57 Å². The third-order valence-corrected chi connectivity index (χ3v) is 2.99. The lowest BCUT2D eigenvalue weighted by atomic mass is 10.4. The van der Waals surface area contributed by atoms with Gasteiger partial charge in [0.1, 0.15) is 0 Å². The average molecular weight is 242 g/mol. The number of phosphoric acid groups is 1. The molecular formula is C8H19O6P. The Hall–Kier alpha value is 0.0300. The highest BCUT2D eigenvalue weighted by atomic mass is 31.2. The number of hydrogen-bond acceptors (Lipinski definition) is 5. The molecule has 0 bridgehead atoms. The van der Waals surface area contributed by atoms with Crippen LogP contribution in [0.3, 0.4) is 0 Å². The normalized spacial score (nSPS) is 14.3. The van der Waals surface area contributed by atoms with Crippen molar-refractivity contribution in [2.24, 2.45) is 0 Å². The highest BCUT2D eigenvalue weighted by Crippen LogP contribution is 2.50. The van der Waals surface area contributed by atoms with Gasteiger partial charge in [-0.3, -0.25) is 9.05 Å². The quantitative estimate of drug-likeness (QED) is 0.566. The van der Waals surface area contributed by atoms with Crippen LogP contribution in [0.25, 0.3) is 0 Å². The van der Waals surface area contributed by atoms with Crippen LogP contribution in [-0.4, -0.2) is 30.7 Å². The largest absolute Gasteiger partial charge is 0.477 e. The summed E-state index contributed by atoms with van der Waals surface area (Å²) in [6.07, 6.45) is 0. The molecule has 0 saturated heterocycles. The van der Waals surface area contributed by atoms with E-state index in [9.17, 15) is 9.46 Å². The lowest BCUT2D eigenvalue weighted by Gasteiger charge is -2.30. The minimum Gasteiger partial charge on any atom is -0.353 e. The minimum atomic E-state index is -4.22. The molecule has 0 aromatic heterocycles. The third-order valence-electron chi connectivity index (χ3n) is 1.65. The number of rotatable bonds is 6. The van der Waals surface area contributed by atoms with Crippen molar-refractivity contribution in [1.29, 1.82) is 0 Å². The predicted molar refractivity (Wildman–Crippen MR) is 54.2 cm³/mol.